The summed E-state index contributed by atoms with van der Waals surface area (Å²) in [4.78, 5) is 3.93. The molecule has 2 heterocycles. The van der Waals surface area contributed by atoms with Crippen molar-refractivity contribution in [1.82, 2.24) is 10.3 Å². The van der Waals surface area contributed by atoms with Crippen molar-refractivity contribution in [3.05, 3.63) is 16.1 Å². The van der Waals surface area contributed by atoms with Gasteiger partial charge in [-0.2, -0.15) is 0 Å². The molecule has 1 atom stereocenters. The van der Waals surface area contributed by atoms with E-state index < -0.39 is 6.43 Å². The molecule has 0 spiro atoms. The van der Waals surface area contributed by atoms with Gasteiger partial charge in [-0.3, -0.25) is 0 Å². The maximum absolute atomic E-state index is 12.3. The lowest BCUT2D eigenvalue weighted by atomic mass is 10.0. The number of hydrogen-bond acceptors (Lipinski definition) is 3. The third-order valence-electron chi connectivity index (χ3n) is 2.63. The number of rotatable bonds is 3. The lowest BCUT2D eigenvalue weighted by Crippen LogP contribution is -2.35. The second kappa shape index (κ2) is 4.99. The molecule has 0 amide bonds. The summed E-state index contributed by atoms with van der Waals surface area (Å²) in [5, 5.41) is 5.67. The van der Waals surface area contributed by atoms with Crippen molar-refractivity contribution < 1.29 is 8.78 Å². The number of nitrogens with one attached hydrogen (secondary N) is 1. The zero-order chi connectivity index (χ0) is 10.7. The van der Waals surface area contributed by atoms with Gasteiger partial charge >= 0.3 is 0 Å². The number of alkyl halides is 2. The Bertz CT molecular complexity index is 308. The van der Waals surface area contributed by atoms with E-state index in [2.05, 4.69) is 10.3 Å². The molecule has 0 aliphatic carbocycles. The topological polar surface area (TPSA) is 24.9 Å². The smallest absolute Gasteiger partial charge is 0.281 e. The Hall–Kier alpha value is -0.550. The van der Waals surface area contributed by atoms with Crippen LogP contribution in [0.2, 0.25) is 0 Å². The molecule has 5 heteroatoms. The Labute approximate surface area is 91.7 Å². The van der Waals surface area contributed by atoms with Crippen molar-refractivity contribution in [2.24, 2.45) is 0 Å². The van der Waals surface area contributed by atoms with Gasteiger partial charge in [0, 0.05) is 17.8 Å². The van der Waals surface area contributed by atoms with Crippen molar-refractivity contribution in [3.8, 4) is 0 Å². The van der Waals surface area contributed by atoms with Gasteiger partial charge in [-0.1, -0.05) is 6.42 Å². The molecule has 1 aliphatic rings. The standard InChI is InChI=1S/C10H14F2N2S/c11-10(12)8-6-15-9(14-8)5-7-3-1-2-4-13-7/h6-7,10,13H,1-5H2. The monoisotopic (exact) mass is 232 g/mol. The molecule has 2 nitrogen and oxygen atoms in total. The number of nitrogens with zero attached hydrogens (tertiary/aromatic N) is 1. The minimum atomic E-state index is -2.44. The average molecular weight is 232 g/mol. The fourth-order valence-electron chi connectivity index (χ4n) is 1.83. The molecule has 15 heavy (non-hydrogen) atoms. The van der Waals surface area contributed by atoms with E-state index in [1.165, 1.54) is 29.6 Å². The second-order valence-corrected chi connectivity index (χ2v) is 4.76. The lowest BCUT2D eigenvalue weighted by molar-refractivity contribution is 0.146. The second-order valence-electron chi connectivity index (χ2n) is 3.82. The van der Waals surface area contributed by atoms with Gasteiger partial charge in [0.2, 0.25) is 0 Å². The first-order valence-corrected chi connectivity index (χ1v) is 6.09. The van der Waals surface area contributed by atoms with Gasteiger partial charge in [0.05, 0.1) is 5.01 Å². The molecular formula is C10H14F2N2S. The van der Waals surface area contributed by atoms with E-state index in [9.17, 15) is 8.78 Å². The molecule has 0 bridgehead atoms. The van der Waals surface area contributed by atoms with Crippen LogP contribution in [0.15, 0.2) is 5.38 Å². The number of aromatic nitrogens is 1. The summed E-state index contributed by atoms with van der Waals surface area (Å²) in [6, 6.07) is 0.426. The Kier molecular flexibility index (Phi) is 3.64. The highest BCUT2D eigenvalue weighted by Crippen LogP contribution is 2.22. The zero-order valence-electron chi connectivity index (χ0n) is 8.38. The molecule has 2 rings (SSSR count). The number of halogens is 2. The van der Waals surface area contributed by atoms with Gasteiger partial charge in [0.1, 0.15) is 5.69 Å². The predicted octanol–water partition coefficient (Wildman–Crippen LogP) is 2.77. The van der Waals surface area contributed by atoms with E-state index in [0.29, 0.717) is 6.04 Å². The third-order valence-corrected chi connectivity index (χ3v) is 3.52. The third kappa shape index (κ3) is 2.95. The Balaban J connectivity index is 1.91. The molecule has 1 aromatic heterocycles. The van der Waals surface area contributed by atoms with Crippen molar-refractivity contribution in [2.75, 3.05) is 6.54 Å². The maximum Gasteiger partial charge on any atom is 0.281 e. The van der Waals surface area contributed by atoms with E-state index >= 15 is 0 Å². The van der Waals surface area contributed by atoms with Crippen LogP contribution < -0.4 is 5.32 Å². The molecule has 1 aromatic rings. The Morgan fingerprint density at radius 3 is 3.00 bits per heavy atom. The molecule has 0 radical (unpaired) electrons. The summed E-state index contributed by atoms with van der Waals surface area (Å²) < 4.78 is 24.6. The summed E-state index contributed by atoms with van der Waals surface area (Å²) >= 11 is 1.34. The predicted molar refractivity (Wildman–Crippen MR) is 56.4 cm³/mol. The summed E-state index contributed by atoms with van der Waals surface area (Å²) in [7, 11) is 0. The minimum Gasteiger partial charge on any atom is -0.314 e. The van der Waals surface area contributed by atoms with Crippen molar-refractivity contribution >= 4 is 11.3 Å². The number of hydrogen-bond donors (Lipinski definition) is 1. The fourth-order valence-corrected chi connectivity index (χ4v) is 2.70. The normalized spacial score (nSPS) is 22.2. The SMILES string of the molecule is FC(F)c1csc(CC2CCCCN2)n1. The van der Waals surface area contributed by atoms with Crippen LogP contribution in [-0.2, 0) is 6.42 Å². The van der Waals surface area contributed by atoms with E-state index in [4.69, 9.17) is 0 Å². The molecule has 0 aromatic carbocycles. The van der Waals surface area contributed by atoms with Crippen molar-refractivity contribution in [1.29, 1.82) is 0 Å². The van der Waals surface area contributed by atoms with E-state index in [-0.39, 0.29) is 5.69 Å². The average Bonchev–Trinajstić information content (AvgIpc) is 2.68. The fraction of sp³-hybridized carbons (Fsp3) is 0.700. The summed E-state index contributed by atoms with van der Waals surface area (Å²) in [5.74, 6) is 0. The number of thiazole rings is 1. The van der Waals surface area contributed by atoms with Gasteiger partial charge in [-0.15, -0.1) is 11.3 Å². The van der Waals surface area contributed by atoms with Crippen LogP contribution in [0.1, 0.15) is 36.4 Å². The number of piperidine rings is 1. The van der Waals surface area contributed by atoms with E-state index in [1.54, 1.807) is 0 Å². The van der Waals surface area contributed by atoms with E-state index in [0.717, 1.165) is 24.4 Å². The van der Waals surface area contributed by atoms with Crippen LogP contribution in [0.4, 0.5) is 8.78 Å². The lowest BCUT2D eigenvalue weighted by Gasteiger charge is -2.22. The first kappa shape index (κ1) is 11.0. The molecule has 1 unspecified atom stereocenters. The van der Waals surface area contributed by atoms with Crippen LogP contribution in [0, 0.1) is 0 Å². The molecule has 1 aliphatic heterocycles. The van der Waals surface area contributed by atoms with Crippen molar-refractivity contribution in [2.45, 2.75) is 38.2 Å². The summed E-state index contributed by atoms with van der Waals surface area (Å²) in [5.41, 5.74) is -0.0780. The Morgan fingerprint density at radius 2 is 2.40 bits per heavy atom. The van der Waals surface area contributed by atoms with Crippen molar-refractivity contribution in [3.63, 3.8) is 0 Å². The summed E-state index contributed by atoms with van der Waals surface area (Å²) in [6.45, 7) is 1.04. The molecule has 1 saturated heterocycles. The van der Waals surface area contributed by atoms with Gasteiger partial charge in [-0.25, -0.2) is 13.8 Å². The zero-order valence-corrected chi connectivity index (χ0v) is 9.20. The molecular weight excluding hydrogens is 218 g/mol. The largest absolute Gasteiger partial charge is 0.314 e. The first-order chi connectivity index (χ1) is 7.25. The van der Waals surface area contributed by atoms with Gasteiger partial charge in [0.15, 0.2) is 0 Å². The van der Waals surface area contributed by atoms with Crippen LogP contribution in [0.25, 0.3) is 0 Å². The quantitative estimate of drug-likeness (QED) is 0.866. The summed E-state index contributed by atoms with van der Waals surface area (Å²) in [6.07, 6.45) is 1.93. The van der Waals surface area contributed by atoms with Crippen LogP contribution in [0.5, 0.6) is 0 Å². The highest BCUT2D eigenvalue weighted by Gasteiger charge is 2.17. The minimum absolute atomic E-state index is 0.0780. The molecule has 1 fully saturated rings. The maximum atomic E-state index is 12.3. The van der Waals surface area contributed by atoms with Gasteiger partial charge in [-0.05, 0) is 19.4 Å². The van der Waals surface area contributed by atoms with Crippen LogP contribution in [0.3, 0.4) is 0 Å². The molecule has 0 saturated carbocycles. The highest BCUT2D eigenvalue weighted by atomic mass is 32.1. The first-order valence-electron chi connectivity index (χ1n) is 5.21. The van der Waals surface area contributed by atoms with Gasteiger partial charge < -0.3 is 5.32 Å². The molecule has 1 N–H and O–H groups in total. The molecule has 84 valence electrons. The highest BCUT2D eigenvalue weighted by molar-refractivity contribution is 7.09. The van der Waals surface area contributed by atoms with Gasteiger partial charge in [0.25, 0.3) is 6.43 Å². The Morgan fingerprint density at radius 1 is 1.53 bits per heavy atom. The van der Waals surface area contributed by atoms with Crippen LogP contribution in [-0.4, -0.2) is 17.6 Å². The van der Waals surface area contributed by atoms with E-state index in [1.807, 2.05) is 0 Å². The van der Waals surface area contributed by atoms with Crippen LogP contribution >= 0.6 is 11.3 Å².